The van der Waals surface area contributed by atoms with E-state index in [1.54, 1.807) is 23.1 Å². The predicted octanol–water partition coefficient (Wildman–Crippen LogP) is 3.36. The number of amides is 1. The van der Waals surface area contributed by atoms with Crippen LogP contribution in [0.4, 0.5) is 8.78 Å². The van der Waals surface area contributed by atoms with Crippen molar-refractivity contribution in [1.29, 1.82) is 0 Å². The molecular formula is C16H13F2N3OS. The number of rotatable bonds is 4. The number of nitrogens with zero attached hydrogens (tertiary/aromatic N) is 2. The minimum absolute atomic E-state index is 0.0737. The zero-order valence-electron chi connectivity index (χ0n) is 12.2. The molecular weight excluding hydrogens is 320 g/mol. The lowest BCUT2D eigenvalue weighted by molar-refractivity contribution is 0.0949. The van der Waals surface area contributed by atoms with E-state index in [0.29, 0.717) is 0 Å². The van der Waals surface area contributed by atoms with Gasteiger partial charge >= 0.3 is 0 Å². The highest BCUT2D eigenvalue weighted by molar-refractivity contribution is 7.13. The molecule has 23 heavy (non-hydrogen) atoms. The number of aromatic nitrogens is 2. The number of carbonyl (C=O) groups is 1. The maximum absolute atomic E-state index is 13.2. The van der Waals surface area contributed by atoms with Gasteiger partial charge in [0.1, 0.15) is 5.69 Å². The fourth-order valence-corrected chi connectivity index (χ4v) is 2.81. The van der Waals surface area contributed by atoms with Gasteiger partial charge in [-0.1, -0.05) is 6.07 Å². The monoisotopic (exact) mass is 333 g/mol. The molecule has 0 aliphatic carbocycles. The van der Waals surface area contributed by atoms with Crippen LogP contribution in [0.25, 0.3) is 10.6 Å². The van der Waals surface area contributed by atoms with Gasteiger partial charge < -0.3 is 5.32 Å². The van der Waals surface area contributed by atoms with Crippen molar-refractivity contribution < 1.29 is 13.6 Å². The van der Waals surface area contributed by atoms with Crippen LogP contribution in [-0.4, -0.2) is 15.7 Å². The third-order valence-corrected chi connectivity index (χ3v) is 4.25. The second-order valence-corrected chi connectivity index (χ2v) is 5.88. The highest BCUT2D eigenvalue weighted by Gasteiger charge is 2.12. The van der Waals surface area contributed by atoms with Crippen molar-refractivity contribution in [2.45, 2.75) is 6.54 Å². The van der Waals surface area contributed by atoms with Crippen molar-refractivity contribution in [3.63, 3.8) is 0 Å². The van der Waals surface area contributed by atoms with E-state index in [-0.39, 0.29) is 12.1 Å². The van der Waals surface area contributed by atoms with Gasteiger partial charge in [-0.2, -0.15) is 5.10 Å². The molecule has 3 rings (SSSR count). The molecule has 0 atom stereocenters. The summed E-state index contributed by atoms with van der Waals surface area (Å²) in [5, 5.41) is 9.04. The van der Waals surface area contributed by atoms with Crippen LogP contribution in [-0.2, 0) is 13.6 Å². The van der Waals surface area contributed by atoms with Gasteiger partial charge in [0.2, 0.25) is 0 Å². The fraction of sp³-hybridized carbons (Fsp3) is 0.125. The molecule has 2 aromatic heterocycles. The molecule has 1 amide bonds. The molecule has 3 aromatic rings. The average molecular weight is 333 g/mol. The zero-order valence-corrected chi connectivity index (χ0v) is 13.0. The molecule has 0 spiro atoms. The van der Waals surface area contributed by atoms with Crippen molar-refractivity contribution in [3.05, 3.63) is 64.7 Å². The van der Waals surface area contributed by atoms with Gasteiger partial charge in [0, 0.05) is 12.6 Å². The summed E-state index contributed by atoms with van der Waals surface area (Å²) in [4.78, 5) is 13.0. The summed E-state index contributed by atoms with van der Waals surface area (Å²) in [5.41, 5.74) is 1.72. The summed E-state index contributed by atoms with van der Waals surface area (Å²) in [5.74, 6) is -2.49. The van der Waals surface area contributed by atoms with Crippen LogP contribution in [0.15, 0.2) is 41.8 Å². The second kappa shape index (κ2) is 6.29. The molecule has 7 heteroatoms. The highest BCUT2D eigenvalue weighted by Crippen LogP contribution is 2.23. The zero-order chi connectivity index (χ0) is 16.4. The van der Waals surface area contributed by atoms with E-state index < -0.39 is 17.5 Å². The molecule has 0 aliphatic rings. The molecule has 0 radical (unpaired) electrons. The van der Waals surface area contributed by atoms with Gasteiger partial charge in [-0.15, -0.1) is 11.3 Å². The summed E-state index contributed by atoms with van der Waals surface area (Å²) in [6.07, 6.45) is 0. The Morgan fingerprint density at radius 1 is 1.26 bits per heavy atom. The minimum Gasteiger partial charge on any atom is -0.346 e. The molecule has 1 aromatic carbocycles. The van der Waals surface area contributed by atoms with Crippen LogP contribution in [0.2, 0.25) is 0 Å². The van der Waals surface area contributed by atoms with Gasteiger partial charge in [-0.25, -0.2) is 8.78 Å². The summed E-state index contributed by atoms with van der Waals surface area (Å²) in [7, 11) is 1.79. The Balaban J connectivity index is 1.70. The molecule has 0 saturated heterocycles. The van der Waals surface area contributed by atoms with E-state index in [4.69, 9.17) is 0 Å². The van der Waals surface area contributed by atoms with Crippen LogP contribution in [0, 0.1) is 11.6 Å². The van der Waals surface area contributed by atoms with Crippen molar-refractivity contribution >= 4 is 17.2 Å². The average Bonchev–Trinajstić information content (AvgIpc) is 3.17. The SMILES string of the molecule is Cn1nc(-c2cccs2)cc1CNC(=O)c1ccc(F)c(F)c1. The van der Waals surface area contributed by atoms with E-state index in [2.05, 4.69) is 10.4 Å². The summed E-state index contributed by atoms with van der Waals surface area (Å²) in [6, 6.07) is 8.86. The number of nitrogens with one attached hydrogen (secondary N) is 1. The third-order valence-electron chi connectivity index (χ3n) is 3.36. The summed E-state index contributed by atoms with van der Waals surface area (Å²) >= 11 is 1.58. The van der Waals surface area contributed by atoms with Crippen LogP contribution in [0.3, 0.4) is 0 Å². The molecule has 0 saturated carbocycles. The number of aryl methyl sites for hydroxylation is 1. The minimum atomic E-state index is -1.04. The maximum Gasteiger partial charge on any atom is 0.251 e. The molecule has 0 aliphatic heterocycles. The number of thiophene rings is 1. The first-order chi connectivity index (χ1) is 11.0. The Hall–Kier alpha value is -2.54. The van der Waals surface area contributed by atoms with Crippen LogP contribution >= 0.6 is 11.3 Å². The molecule has 2 heterocycles. The molecule has 118 valence electrons. The quantitative estimate of drug-likeness (QED) is 0.796. The van der Waals surface area contributed by atoms with Crippen molar-refractivity contribution in [2.24, 2.45) is 7.05 Å². The lowest BCUT2D eigenvalue weighted by Gasteiger charge is -2.05. The number of hydrogen-bond donors (Lipinski definition) is 1. The first kappa shape index (κ1) is 15.4. The Kier molecular flexibility index (Phi) is 4.20. The van der Waals surface area contributed by atoms with E-state index in [1.807, 2.05) is 23.6 Å². The van der Waals surface area contributed by atoms with Crippen molar-refractivity contribution in [3.8, 4) is 10.6 Å². The van der Waals surface area contributed by atoms with E-state index in [9.17, 15) is 13.6 Å². The Morgan fingerprint density at radius 2 is 2.09 bits per heavy atom. The lowest BCUT2D eigenvalue weighted by Crippen LogP contribution is -2.24. The second-order valence-electron chi connectivity index (χ2n) is 4.93. The summed E-state index contributed by atoms with van der Waals surface area (Å²) < 4.78 is 27.7. The molecule has 1 N–H and O–H groups in total. The molecule has 0 fully saturated rings. The van der Waals surface area contributed by atoms with Crippen molar-refractivity contribution in [2.75, 3.05) is 0 Å². The van der Waals surface area contributed by atoms with E-state index in [0.717, 1.165) is 28.4 Å². The normalized spacial score (nSPS) is 10.7. The van der Waals surface area contributed by atoms with Crippen molar-refractivity contribution in [1.82, 2.24) is 15.1 Å². The molecule has 0 unspecified atom stereocenters. The Bertz CT molecular complexity index is 843. The highest BCUT2D eigenvalue weighted by atomic mass is 32.1. The van der Waals surface area contributed by atoms with Gasteiger partial charge in [0.15, 0.2) is 11.6 Å². The first-order valence-corrected chi connectivity index (χ1v) is 7.72. The predicted molar refractivity (Wildman–Crippen MR) is 84.0 cm³/mol. The van der Waals surface area contributed by atoms with E-state index >= 15 is 0 Å². The summed E-state index contributed by atoms with van der Waals surface area (Å²) in [6.45, 7) is 0.243. The maximum atomic E-state index is 13.2. The molecule has 4 nitrogen and oxygen atoms in total. The van der Waals surface area contributed by atoms with Crippen LogP contribution in [0.1, 0.15) is 16.1 Å². The topological polar surface area (TPSA) is 46.9 Å². The van der Waals surface area contributed by atoms with Gasteiger partial charge in [-0.05, 0) is 35.7 Å². The van der Waals surface area contributed by atoms with Gasteiger partial charge in [0.05, 0.1) is 17.1 Å². The molecule has 0 bridgehead atoms. The lowest BCUT2D eigenvalue weighted by atomic mass is 10.2. The largest absolute Gasteiger partial charge is 0.346 e. The number of carbonyl (C=O) groups excluding carboxylic acids is 1. The standard InChI is InChI=1S/C16H13F2N3OS/c1-21-11(8-14(20-21)15-3-2-6-23-15)9-19-16(22)10-4-5-12(17)13(18)7-10/h2-8H,9H2,1H3,(H,19,22). The first-order valence-electron chi connectivity index (χ1n) is 6.84. The fourth-order valence-electron chi connectivity index (χ4n) is 2.13. The van der Waals surface area contributed by atoms with Gasteiger partial charge in [-0.3, -0.25) is 9.48 Å². The number of hydrogen-bond acceptors (Lipinski definition) is 3. The number of halogens is 2. The smallest absolute Gasteiger partial charge is 0.251 e. The number of benzene rings is 1. The Labute approximate surface area is 135 Å². The van der Waals surface area contributed by atoms with Crippen LogP contribution < -0.4 is 5.32 Å². The van der Waals surface area contributed by atoms with Crippen LogP contribution in [0.5, 0.6) is 0 Å². The third kappa shape index (κ3) is 3.29. The van der Waals surface area contributed by atoms with Gasteiger partial charge in [0.25, 0.3) is 5.91 Å². The Morgan fingerprint density at radius 3 is 2.78 bits per heavy atom. The van der Waals surface area contributed by atoms with E-state index in [1.165, 1.54) is 6.07 Å².